The molecule has 0 bridgehead atoms. The van der Waals surface area contributed by atoms with Crippen molar-refractivity contribution in [2.45, 2.75) is 6.61 Å². The summed E-state index contributed by atoms with van der Waals surface area (Å²) in [6.07, 6.45) is 0. The number of aromatic nitrogens is 2. The van der Waals surface area contributed by atoms with Crippen molar-refractivity contribution in [1.82, 2.24) is 9.97 Å². The van der Waals surface area contributed by atoms with E-state index >= 15 is 0 Å². The predicted molar refractivity (Wildman–Crippen MR) is 84.9 cm³/mol. The molecule has 24 heavy (non-hydrogen) atoms. The molecule has 3 rings (SSSR count). The van der Waals surface area contributed by atoms with E-state index in [1.54, 1.807) is 18.2 Å². The van der Waals surface area contributed by atoms with Crippen LogP contribution in [-0.4, -0.2) is 28.0 Å². The average Bonchev–Trinajstić information content (AvgIpc) is 3.01. The highest BCUT2D eigenvalue weighted by atomic mass is 16.6. The van der Waals surface area contributed by atoms with E-state index in [0.29, 0.717) is 22.7 Å². The third-order valence-corrected chi connectivity index (χ3v) is 3.38. The molecule has 1 heterocycles. The molecule has 0 saturated heterocycles. The molecule has 0 unspecified atom stereocenters. The molecular formula is C16H13N3O5. The number of nitrogens with zero attached hydrogens (tertiary/aromatic N) is 2. The highest BCUT2D eigenvalue weighted by Crippen LogP contribution is 2.19. The summed E-state index contributed by atoms with van der Waals surface area (Å²) in [4.78, 5) is 29.1. The molecule has 1 aromatic heterocycles. The lowest BCUT2D eigenvalue weighted by molar-refractivity contribution is -0.384. The van der Waals surface area contributed by atoms with Crippen LogP contribution in [0.4, 0.5) is 5.69 Å². The first kappa shape index (κ1) is 15.5. The molecule has 0 aliphatic rings. The predicted octanol–water partition coefficient (Wildman–Crippen LogP) is 2.84. The van der Waals surface area contributed by atoms with Crippen LogP contribution in [0.1, 0.15) is 16.2 Å². The van der Waals surface area contributed by atoms with E-state index in [2.05, 4.69) is 14.7 Å². The fourth-order valence-electron chi connectivity index (χ4n) is 2.19. The summed E-state index contributed by atoms with van der Waals surface area (Å²) in [5, 5.41) is 10.6. The first-order chi connectivity index (χ1) is 11.6. The molecule has 0 amide bonds. The third-order valence-electron chi connectivity index (χ3n) is 3.38. The zero-order valence-electron chi connectivity index (χ0n) is 12.7. The molecule has 2 aromatic carbocycles. The van der Waals surface area contributed by atoms with Crippen molar-refractivity contribution >= 4 is 22.7 Å². The number of nitrogens with one attached hydrogen (secondary N) is 1. The Balaban J connectivity index is 1.73. The van der Waals surface area contributed by atoms with Gasteiger partial charge < -0.3 is 14.5 Å². The number of nitro benzene ring substituents is 1. The largest absolute Gasteiger partial charge is 0.486 e. The van der Waals surface area contributed by atoms with Gasteiger partial charge in [0.05, 0.1) is 28.6 Å². The number of methoxy groups -OCH3 is 1. The molecule has 8 heteroatoms. The van der Waals surface area contributed by atoms with Crippen molar-refractivity contribution < 1.29 is 19.2 Å². The lowest BCUT2D eigenvalue weighted by atomic mass is 10.2. The number of ether oxygens (including phenoxy) is 2. The number of hydrogen-bond acceptors (Lipinski definition) is 6. The molecule has 3 aromatic rings. The summed E-state index contributed by atoms with van der Waals surface area (Å²) in [6, 6.07) is 10.8. The number of benzene rings is 2. The fraction of sp³-hybridized carbons (Fsp3) is 0.125. The number of rotatable bonds is 5. The van der Waals surface area contributed by atoms with Crippen molar-refractivity contribution in [2.24, 2.45) is 0 Å². The second kappa shape index (κ2) is 6.37. The summed E-state index contributed by atoms with van der Waals surface area (Å²) in [6.45, 7) is 0.167. The van der Waals surface area contributed by atoms with Crippen molar-refractivity contribution in [3.05, 3.63) is 64.0 Å². The Hall–Kier alpha value is -3.42. The number of carbonyl (C=O) groups excluding carboxylic acids is 1. The number of nitro groups is 1. The van der Waals surface area contributed by atoms with Gasteiger partial charge in [0, 0.05) is 12.1 Å². The Kier molecular flexibility index (Phi) is 4.11. The van der Waals surface area contributed by atoms with Gasteiger partial charge in [0.1, 0.15) is 18.2 Å². The monoisotopic (exact) mass is 327 g/mol. The molecule has 8 nitrogen and oxygen atoms in total. The van der Waals surface area contributed by atoms with Crippen molar-refractivity contribution in [3.8, 4) is 5.75 Å². The average molecular weight is 327 g/mol. The van der Waals surface area contributed by atoms with Gasteiger partial charge >= 0.3 is 5.97 Å². The summed E-state index contributed by atoms with van der Waals surface area (Å²) in [7, 11) is 1.32. The minimum Gasteiger partial charge on any atom is -0.486 e. The molecule has 0 atom stereocenters. The van der Waals surface area contributed by atoms with Crippen LogP contribution in [0.3, 0.4) is 0 Å². The van der Waals surface area contributed by atoms with Gasteiger partial charge in [0.2, 0.25) is 0 Å². The lowest BCUT2D eigenvalue weighted by Gasteiger charge is -2.03. The molecule has 122 valence electrons. The topological polar surface area (TPSA) is 107 Å². The van der Waals surface area contributed by atoms with Gasteiger partial charge in [-0.2, -0.15) is 0 Å². The number of fused-ring (bicyclic) bond motifs is 1. The SMILES string of the molecule is COC(=O)c1ccc2[nH]c(COc3ccc([N+](=O)[O-])cc3)nc2c1. The summed E-state index contributed by atoms with van der Waals surface area (Å²) < 4.78 is 10.2. The van der Waals surface area contributed by atoms with Crippen LogP contribution in [0.25, 0.3) is 11.0 Å². The summed E-state index contributed by atoms with van der Waals surface area (Å²) >= 11 is 0. The van der Waals surface area contributed by atoms with E-state index in [0.717, 1.165) is 5.52 Å². The Morgan fingerprint density at radius 1 is 1.25 bits per heavy atom. The number of non-ortho nitro benzene ring substituents is 1. The minimum absolute atomic E-state index is 0.00132. The van der Waals surface area contributed by atoms with Gasteiger partial charge in [-0.25, -0.2) is 9.78 Å². The van der Waals surface area contributed by atoms with Crippen molar-refractivity contribution in [3.63, 3.8) is 0 Å². The maximum Gasteiger partial charge on any atom is 0.337 e. The van der Waals surface area contributed by atoms with E-state index in [4.69, 9.17) is 4.74 Å². The highest BCUT2D eigenvalue weighted by molar-refractivity contribution is 5.93. The molecule has 0 radical (unpaired) electrons. The lowest BCUT2D eigenvalue weighted by Crippen LogP contribution is -2.00. The number of esters is 1. The van der Waals surface area contributed by atoms with E-state index in [1.807, 2.05) is 0 Å². The first-order valence-corrected chi connectivity index (χ1v) is 7.01. The second-order valence-corrected chi connectivity index (χ2v) is 4.95. The number of aromatic amines is 1. The number of H-pyrrole nitrogens is 1. The Morgan fingerprint density at radius 2 is 2.00 bits per heavy atom. The van der Waals surface area contributed by atoms with E-state index < -0.39 is 10.9 Å². The van der Waals surface area contributed by atoms with E-state index in [9.17, 15) is 14.9 Å². The van der Waals surface area contributed by atoms with Gasteiger partial charge in [-0.3, -0.25) is 10.1 Å². The van der Waals surface area contributed by atoms with Crippen LogP contribution in [0.2, 0.25) is 0 Å². The molecule has 0 aliphatic carbocycles. The standard InChI is InChI=1S/C16H13N3O5/c1-23-16(20)10-2-7-13-14(8-10)18-15(17-13)9-24-12-5-3-11(4-6-12)19(21)22/h2-8H,9H2,1H3,(H,17,18). The van der Waals surface area contributed by atoms with Crippen LogP contribution in [-0.2, 0) is 11.3 Å². The van der Waals surface area contributed by atoms with Crippen LogP contribution in [0.5, 0.6) is 5.75 Å². The number of hydrogen-bond donors (Lipinski definition) is 1. The summed E-state index contributed by atoms with van der Waals surface area (Å²) in [5.74, 6) is 0.644. The second-order valence-electron chi connectivity index (χ2n) is 4.95. The molecule has 0 fully saturated rings. The van der Waals surface area contributed by atoms with Gasteiger partial charge in [0.15, 0.2) is 0 Å². The zero-order chi connectivity index (χ0) is 17.1. The van der Waals surface area contributed by atoms with E-state index in [1.165, 1.54) is 31.4 Å². The van der Waals surface area contributed by atoms with Gasteiger partial charge in [-0.15, -0.1) is 0 Å². The Labute approximate surface area is 136 Å². The quantitative estimate of drug-likeness (QED) is 0.438. The third kappa shape index (κ3) is 3.17. The Morgan fingerprint density at radius 3 is 2.67 bits per heavy atom. The maximum atomic E-state index is 11.5. The normalized spacial score (nSPS) is 10.5. The maximum absolute atomic E-state index is 11.5. The number of carbonyl (C=O) groups is 1. The van der Waals surface area contributed by atoms with Crippen LogP contribution in [0.15, 0.2) is 42.5 Å². The van der Waals surface area contributed by atoms with Gasteiger partial charge in [-0.05, 0) is 30.3 Å². The van der Waals surface area contributed by atoms with Crippen molar-refractivity contribution in [1.29, 1.82) is 0 Å². The van der Waals surface area contributed by atoms with Crippen LogP contribution >= 0.6 is 0 Å². The minimum atomic E-state index is -0.470. The Bertz CT molecular complexity index is 902. The molecular weight excluding hydrogens is 314 g/mol. The molecule has 1 N–H and O–H groups in total. The number of imidazole rings is 1. The highest BCUT2D eigenvalue weighted by Gasteiger charge is 2.10. The summed E-state index contributed by atoms with van der Waals surface area (Å²) in [5.41, 5.74) is 1.81. The molecule has 0 aliphatic heterocycles. The van der Waals surface area contributed by atoms with E-state index in [-0.39, 0.29) is 12.3 Å². The molecule has 0 saturated carbocycles. The van der Waals surface area contributed by atoms with Gasteiger partial charge in [-0.1, -0.05) is 0 Å². The first-order valence-electron chi connectivity index (χ1n) is 7.01. The smallest absolute Gasteiger partial charge is 0.337 e. The van der Waals surface area contributed by atoms with Gasteiger partial charge in [0.25, 0.3) is 5.69 Å². The zero-order valence-corrected chi connectivity index (χ0v) is 12.7. The molecule has 0 spiro atoms. The van der Waals surface area contributed by atoms with Crippen LogP contribution in [0, 0.1) is 10.1 Å². The van der Waals surface area contributed by atoms with Crippen molar-refractivity contribution in [2.75, 3.05) is 7.11 Å². The fourth-order valence-corrected chi connectivity index (χ4v) is 2.19. The van der Waals surface area contributed by atoms with Crippen LogP contribution < -0.4 is 4.74 Å².